The molecule has 8 heteroatoms. The summed E-state index contributed by atoms with van der Waals surface area (Å²) in [6.07, 6.45) is 45.3. The maximum absolute atomic E-state index is 12.7. The van der Waals surface area contributed by atoms with Gasteiger partial charge in [0.05, 0.1) is 40.3 Å². The minimum atomic E-state index is -1.12. The van der Waals surface area contributed by atoms with Gasteiger partial charge in [0.2, 0.25) is 0 Å². The number of quaternary nitrogens is 1. The van der Waals surface area contributed by atoms with Gasteiger partial charge in [-0.15, -0.1) is 0 Å². The van der Waals surface area contributed by atoms with E-state index in [1.165, 1.54) is 154 Å². The van der Waals surface area contributed by atoms with Crippen molar-refractivity contribution in [3.05, 3.63) is 12.2 Å². The van der Waals surface area contributed by atoms with Crippen LogP contribution in [0.15, 0.2) is 12.2 Å². The first-order chi connectivity index (χ1) is 28.1. The normalized spacial score (nSPS) is 12.9. The quantitative estimate of drug-likeness (QED) is 0.0261. The van der Waals surface area contributed by atoms with E-state index in [-0.39, 0.29) is 42.7 Å². The van der Waals surface area contributed by atoms with Crippen LogP contribution in [0.3, 0.4) is 0 Å². The van der Waals surface area contributed by atoms with Gasteiger partial charge < -0.3 is 28.6 Å². The molecule has 0 aromatic heterocycles. The molecule has 342 valence electrons. The first kappa shape index (κ1) is 56.1. The third-order valence-corrected chi connectivity index (χ3v) is 11.4. The lowest BCUT2D eigenvalue weighted by Gasteiger charge is -2.34. The molecule has 58 heavy (non-hydrogen) atoms. The number of allylic oxidation sites excluding steroid dienone is 2. The minimum Gasteiger partial charge on any atom is -0.544 e. The van der Waals surface area contributed by atoms with Gasteiger partial charge in [0.15, 0.2) is 6.10 Å². The molecule has 0 N–H and O–H groups in total. The number of esters is 2. The smallest absolute Gasteiger partial charge is 0.306 e. The molecule has 2 unspecified atom stereocenters. The molecule has 8 nitrogen and oxygen atoms in total. The van der Waals surface area contributed by atoms with Gasteiger partial charge in [0.1, 0.15) is 12.6 Å². The van der Waals surface area contributed by atoms with Gasteiger partial charge in [-0.05, 0) is 38.5 Å². The first-order valence-corrected chi connectivity index (χ1v) is 24.7. The summed E-state index contributed by atoms with van der Waals surface area (Å²) in [5.74, 6) is -1.73. The fraction of sp³-hybridized carbons (Fsp3) is 0.900. The number of unbranched alkanes of at least 4 members (excludes halogenated alkanes) is 29. The number of aliphatic carboxylic acids is 1. The van der Waals surface area contributed by atoms with Gasteiger partial charge in [0, 0.05) is 19.3 Å². The Bertz CT molecular complexity index is 962. The molecule has 0 aliphatic rings. The second kappa shape index (κ2) is 41.8. The van der Waals surface area contributed by atoms with Crippen molar-refractivity contribution in [3.63, 3.8) is 0 Å². The third kappa shape index (κ3) is 39.5. The Morgan fingerprint density at radius 3 is 1.28 bits per heavy atom. The summed E-state index contributed by atoms with van der Waals surface area (Å²) in [4.78, 5) is 36.9. The van der Waals surface area contributed by atoms with Crippen LogP contribution >= 0.6 is 0 Å². The topological polar surface area (TPSA) is 102 Å². The van der Waals surface area contributed by atoms with Crippen molar-refractivity contribution in [3.8, 4) is 0 Å². The van der Waals surface area contributed by atoms with Crippen LogP contribution in [0.2, 0.25) is 0 Å². The molecule has 0 aliphatic heterocycles. The molecule has 2 atom stereocenters. The number of hydrogen-bond acceptors (Lipinski definition) is 7. The number of hydrogen-bond donors (Lipinski definition) is 0. The Morgan fingerprint density at radius 2 is 0.862 bits per heavy atom. The van der Waals surface area contributed by atoms with Crippen LogP contribution in [-0.4, -0.2) is 75.5 Å². The Kier molecular flexibility index (Phi) is 40.4. The first-order valence-electron chi connectivity index (χ1n) is 24.7. The van der Waals surface area contributed by atoms with E-state index < -0.39 is 18.1 Å². The fourth-order valence-corrected chi connectivity index (χ4v) is 7.54. The number of ether oxygens (including phenoxy) is 3. The maximum atomic E-state index is 12.7. The highest BCUT2D eigenvalue weighted by atomic mass is 16.6. The fourth-order valence-electron chi connectivity index (χ4n) is 7.54. The molecule has 0 saturated carbocycles. The second-order valence-electron chi connectivity index (χ2n) is 18.1. The summed E-state index contributed by atoms with van der Waals surface area (Å²) < 4.78 is 17.2. The van der Waals surface area contributed by atoms with E-state index in [4.69, 9.17) is 14.2 Å². The molecule has 0 spiro atoms. The SMILES string of the molecule is CCCCC/C=C\CCCCCCCC(=O)OC(COCCC(C(=O)[O-])[N+](C)(C)C)COC(=O)CCCCCCCCCCCCCCCCCCCCCCCC. The summed E-state index contributed by atoms with van der Waals surface area (Å²) >= 11 is 0. The standard InChI is InChI=1S/C50H95NO7/c1-6-8-10-12-14-16-18-20-21-22-23-24-25-26-27-28-29-31-32-34-36-38-40-48(52)57-45-46(44-56-43-42-47(50(54)55)51(3,4)5)58-49(53)41-39-37-35-33-30-19-17-15-13-11-9-7-2/h15,17,46-47H,6-14,16,18-45H2,1-5H3/b17-15-. The summed E-state index contributed by atoms with van der Waals surface area (Å²) in [6, 6.07) is -0.723. The maximum Gasteiger partial charge on any atom is 0.306 e. The minimum absolute atomic E-state index is 0.0429. The number of rotatable bonds is 45. The van der Waals surface area contributed by atoms with Crippen molar-refractivity contribution >= 4 is 17.9 Å². The van der Waals surface area contributed by atoms with Crippen LogP contribution in [0.25, 0.3) is 0 Å². The second-order valence-corrected chi connectivity index (χ2v) is 18.1. The number of carboxylic acids is 1. The zero-order chi connectivity index (χ0) is 42.8. The highest BCUT2D eigenvalue weighted by Gasteiger charge is 2.25. The monoisotopic (exact) mass is 822 g/mol. The Balaban J connectivity index is 4.15. The lowest BCUT2D eigenvalue weighted by molar-refractivity contribution is -0.889. The zero-order valence-electron chi connectivity index (χ0n) is 39.0. The highest BCUT2D eigenvalue weighted by Crippen LogP contribution is 2.16. The number of nitrogens with zero attached hydrogens (tertiary/aromatic N) is 1. The van der Waals surface area contributed by atoms with Crippen LogP contribution < -0.4 is 5.11 Å². The molecule has 0 radical (unpaired) electrons. The largest absolute Gasteiger partial charge is 0.544 e. The van der Waals surface area contributed by atoms with Gasteiger partial charge in [-0.1, -0.05) is 193 Å². The third-order valence-electron chi connectivity index (χ3n) is 11.4. The van der Waals surface area contributed by atoms with Crippen LogP contribution in [0.4, 0.5) is 0 Å². The number of carbonyl (C=O) groups excluding carboxylic acids is 3. The van der Waals surface area contributed by atoms with E-state index in [0.29, 0.717) is 12.8 Å². The number of carbonyl (C=O) groups is 3. The lowest BCUT2D eigenvalue weighted by Crippen LogP contribution is -2.55. The van der Waals surface area contributed by atoms with E-state index in [1.54, 1.807) is 21.1 Å². The predicted molar refractivity (Wildman–Crippen MR) is 241 cm³/mol. The van der Waals surface area contributed by atoms with Crippen molar-refractivity contribution in [1.82, 2.24) is 0 Å². The van der Waals surface area contributed by atoms with E-state index in [2.05, 4.69) is 26.0 Å². The molecule has 0 amide bonds. The number of carboxylic acid groups (broad SMARTS) is 1. The van der Waals surface area contributed by atoms with Crippen molar-refractivity contribution in [2.75, 3.05) is 41.0 Å². The van der Waals surface area contributed by atoms with E-state index in [0.717, 1.165) is 51.4 Å². The van der Waals surface area contributed by atoms with Gasteiger partial charge in [-0.25, -0.2) is 0 Å². The molecule has 0 saturated heterocycles. The van der Waals surface area contributed by atoms with E-state index in [9.17, 15) is 19.5 Å². The highest BCUT2D eigenvalue weighted by molar-refractivity contribution is 5.70. The van der Waals surface area contributed by atoms with Crippen LogP contribution in [0.5, 0.6) is 0 Å². The average molecular weight is 822 g/mol. The van der Waals surface area contributed by atoms with Crippen LogP contribution in [0, 0.1) is 0 Å². The molecule has 0 bridgehead atoms. The zero-order valence-corrected chi connectivity index (χ0v) is 39.0. The molecular formula is C50H95NO7. The van der Waals surface area contributed by atoms with Gasteiger partial charge in [-0.2, -0.15) is 0 Å². The molecule has 0 aromatic rings. The van der Waals surface area contributed by atoms with Crippen molar-refractivity contribution in [1.29, 1.82) is 0 Å². The van der Waals surface area contributed by atoms with Crippen LogP contribution in [-0.2, 0) is 28.6 Å². The molecule has 0 aliphatic carbocycles. The molecule has 0 aromatic carbocycles. The lowest BCUT2D eigenvalue weighted by atomic mass is 10.0. The predicted octanol–water partition coefficient (Wildman–Crippen LogP) is 12.5. The summed E-state index contributed by atoms with van der Waals surface area (Å²) in [6.45, 7) is 4.67. The number of likely N-dealkylation sites (N-methyl/N-ethyl adjacent to an activating group) is 1. The Hall–Kier alpha value is -1.93. The summed E-state index contributed by atoms with van der Waals surface area (Å²) in [7, 11) is 5.42. The van der Waals surface area contributed by atoms with Gasteiger partial charge >= 0.3 is 11.9 Å². The van der Waals surface area contributed by atoms with E-state index >= 15 is 0 Å². The molecular weight excluding hydrogens is 727 g/mol. The summed E-state index contributed by atoms with van der Waals surface area (Å²) in [5, 5.41) is 11.6. The van der Waals surface area contributed by atoms with E-state index in [1.807, 2.05) is 0 Å². The summed E-state index contributed by atoms with van der Waals surface area (Å²) in [5.41, 5.74) is 0. The average Bonchev–Trinajstić information content (AvgIpc) is 3.18. The van der Waals surface area contributed by atoms with Gasteiger partial charge in [-0.3, -0.25) is 9.59 Å². The van der Waals surface area contributed by atoms with Crippen LogP contribution in [0.1, 0.15) is 239 Å². The van der Waals surface area contributed by atoms with Crippen molar-refractivity contribution in [2.45, 2.75) is 251 Å². The van der Waals surface area contributed by atoms with Crippen molar-refractivity contribution in [2.24, 2.45) is 0 Å². The molecule has 0 heterocycles. The van der Waals surface area contributed by atoms with Crippen molar-refractivity contribution < 1.29 is 38.2 Å². The van der Waals surface area contributed by atoms with Gasteiger partial charge in [0.25, 0.3) is 0 Å². The molecule has 0 rings (SSSR count). The Morgan fingerprint density at radius 1 is 0.500 bits per heavy atom. The molecule has 0 fully saturated rings. The Labute approximate surface area is 359 Å².